The van der Waals surface area contributed by atoms with Gasteiger partial charge in [-0.15, -0.1) is 0 Å². The van der Waals surface area contributed by atoms with E-state index in [4.69, 9.17) is 18.9 Å². The quantitative estimate of drug-likeness (QED) is 0.275. The Balaban J connectivity index is 1.33. The van der Waals surface area contributed by atoms with Gasteiger partial charge in [-0.2, -0.15) is 0 Å². The number of aromatic amines is 1. The van der Waals surface area contributed by atoms with Gasteiger partial charge in [-0.25, -0.2) is 14.4 Å². The summed E-state index contributed by atoms with van der Waals surface area (Å²) in [7, 11) is 0. The number of benzene rings is 3. The van der Waals surface area contributed by atoms with Crippen LogP contribution in [-0.2, 0) is 32.2 Å². The largest absolute Gasteiger partial charge is 0.459 e. The molecular formula is C33H32N2O8. The van der Waals surface area contributed by atoms with E-state index < -0.39 is 41.6 Å². The SMILES string of the molecule is Cc1ccc(C(=O)OC[C@@H]2O[C@@H](n3cc(COCc4ccccc4)c(=O)[nH]c3=O)C[C@@H]2OC(=O)c2ccc(C)cc2)cc1. The Morgan fingerprint density at radius 3 is 2.14 bits per heavy atom. The van der Waals surface area contributed by atoms with E-state index in [-0.39, 0.29) is 31.8 Å². The predicted molar refractivity (Wildman–Crippen MR) is 157 cm³/mol. The molecule has 3 atom stereocenters. The first-order valence-corrected chi connectivity index (χ1v) is 13.9. The molecule has 4 aromatic rings. The van der Waals surface area contributed by atoms with Crippen LogP contribution in [-0.4, -0.2) is 40.3 Å². The van der Waals surface area contributed by atoms with Crippen LogP contribution in [0.15, 0.2) is 94.6 Å². The topological polar surface area (TPSA) is 126 Å². The van der Waals surface area contributed by atoms with Gasteiger partial charge in [0.15, 0.2) is 0 Å². The summed E-state index contributed by atoms with van der Waals surface area (Å²) in [6.45, 7) is 3.84. The molecule has 0 unspecified atom stereocenters. The summed E-state index contributed by atoms with van der Waals surface area (Å²) < 4.78 is 24.4. The fourth-order valence-electron chi connectivity index (χ4n) is 4.67. The summed E-state index contributed by atoms with van der Waals surface area (Å²) in [6.07, 6.45) is -1.15. The Bertz CT molecular complexity index is 1680. The number of aromatic nitrogens is 2. The van der Waals surface area contributed by atoms with Crippen molar-refractivity contribution < 1.29 is 28.5 Å². The minimum atomic E-state index is -0.906. The summed E-state index contributed by atoms with van der Waals surface area (Å²) in [6, 6.07) is 23.3. The first-order valence-electron chi connectivity index (χ1n) is 13.9. The van der Waals surface area contributed by atoms with Gasteiger partial charge in [-0.3, -0.25) is 14.3 Å². The molecule has 1 N–H and O–H groups in total. The van der Waals surface area contributed by atoms with Crippen molar-refractivity contribution in [3.8, 4) is 0 Å². The monoisotopic (exact) mass is 584 g/mol. The summed E-state index contributed by atoms with van der Waals surface area (Å²) in [4.78, 5) is 53.3. The number of esters is 2. The second-order valence-electron chi connectivity index (χ2n) is 10.4. The molecule has 10 heteroatoms. The van der Waals surface area contributed by atoms with Crippen molar-refractivity contribution >= 4 is 11.9 Å². The number of rotatable bonds is 10. The lowest BCUT2D eigenvalue weighted by molar-refractivity contribution is -0.0583. The first-order chi connectivity index (χ1) is 20.8. The Morgan fingerprint density at radius 2 is 1.49 bits per heavy atom. The highest BCUT2D eigenvalue weighted by Gasteiger charge is 2.40. The van der Waals surface area contributed by atoms with Gasteiger partial charge in [0.2, 0.25) is 0 Å². The van der Waals surface area contributed by atoms with Crippen LogP contribution in [0.2, 0.25) is 0 Å². The maximum Gasteiger partial charge on any atom is 0.338 e. The van der Waals surface area contributed by atoms with Crippen molar-refractivity contribution in [3.63, 3.8) is 0 Å². The van der Waals surface area contributed by atoms with Gasteiger partial charge in [0, 0.05) is 12.6 Å². The molecule has 1 fully saturated rings. The lowest BCUT2D eigenvalue weighted by Crippen LogP contribution is -2.34. The Labute approximate surface area is 247 Å². The van der Waals surface area contributed by atoms with E-state index in [1.165, 1.54) is 10.8 Å². The van der Waals surface area contributed by atoms with Crippen molar-refractivity contribution in [1.29, 1.82) is 0 Å². The third-order valence-corrected chi connectivity index (χ3v) is 7.11. The van der Waals surface area contributed by atoms with Crippen LogP contribution in [0.4, 0.5) is 0 Å². The van der Waals surface area contributed by atoms with Crippen molar-refractivity contribution in [2.45, 2.75) is 51.9 Å². The molecule has 1 saturated heterocycles. The number of nitrogens with zero attached hydrogens (tertiary/aromatic N) is 1. The van der Waals surface area contributed by atoms with E-state index in [1.807, 2.05) is 44.2 Å². The van der Waals surface area contributed by atoms with E-state index >= 15 is 0 Å². The molecule has 3 aromatic carbocycles. The summed E-state index contributed by atoms with van der Waals surface area (Å²) in [5.41, 5.74) is 2.60. The molecule has 0 spiro atoms. The molecule has 0 aliphatic carbocycles. The molecule has 0 bridgehead atoms. The molecule has 2 heterocycles. The van der Waals surface area contributed by atoms with Crippen LogP contribution in [0.3, 0.4) is 0 Å². The number of aryl methyl sites for hydroxylation is 2. The second kappa shape index (κ2) is 13.5. The summed E-state index contributed by atoms with van der Waals surface area (Å²) in [5, 5.41) is 0. The van der Waals surface area contributed by atoms with E-state index in [2.05, 4.69) is 4.98 Å². The number of carbonyl (C=O) groups excluding carboxylic acids is 2. The molecular weight excluding hydrogens is 552 g/mol. The van der Waals surface area contributed by atoms with Gasteiger partial charge in [0.05, 0.1) is 29.9 Å². The minimum Gasteiger partial charge on any atom is -0.459 e. The normalized spacial score (nSPS) is 17.9. The zero-order valence-electron chi connectivity index (χ0n) is 23.9. The van der Waals surface area contributed by atoms with Gasteiger partial charge < -0.3 is 18.9 Å². The van der Waals surface area contributed by atoms with Crippen LogP contribution in [0, 0.1) is 13.8 Å². The molecule has 43 heavy (non-hydrogen) atoms. The summed E-state index contributed by atoms with van der Waals surface area (Å²) in [5.74, 6) is -1.14. The highest BCUT2D eigenvalue weighted by molar-refractivity contribution is 5.90. The fraction of sp³-hybridized carbons (Fsp3) is 0.273. The second-order valence-corrected chi connectivity index (χ2v) is 10.4. The van der Waals surface area contributed by atoms with Crippen LogP contribution in [0.1, 0.15) is 55.6 Å². The van der Waals surface area contributed by atoms with Crippen LogP contribution in [0.5, 0.6) is 0 Å². The van der Waals surface area contributed by atoms with E-state index in [1.54, 1.807) is 48.5 Å². The van der Waals surface area contributed by atoms with E-state index in [0.29, 0.717) is 11.1 Å². The van der Waals surface area contributed by atoms with Crippen molar-refractivity contribution in [3.05, 3.63) is 139 Å². The average molecular weight is 585 g/mol. The zero-order valence-corrected chi connectivity index (χ0v) is 23.9. The summed E-state index contributed by atoms with van der Waals surface area (Å²) >= 11 is 0. The van der Waals surface area contributed by atoms with Gasteiger partial charge in [-0.1, -0.05) is 65.7 Å². The maximum atomic E-state index is 13.0. The predicted octanol–water partition coefficient (Wildman–Crippen LogP) is 4.24. The Morgan fingerprint density at radius 1 is 0.860 bits per heavy atom. The maximum absolute atomic E-state index is 13.0. The fourth-order valence-corrected chi connectivity index (χ4v) is 4.67. The molecule has 222 valence electrons. The van der Waals surface area contributed by atoms with Crippen LogP contribution in [0.25, 0.3) is 0 Å². The standard InChI is InChI=1S/C33H32N2O8/c1-21-8-12-24(13-9-21)31(37)41-20-28-27(43-32(38)25-14-10-22(2)11-15-25)16-29(42-28)35-17-26(30(36)34-33(35)39)19-40-18-23-6-4-3-5-7-23/h3-15,17,27-29H,16,18-20H2,1-2H3,(H,34,36,39)/t27-,28-,29+/m0/s1. The molecule has 1 aliphatic rings. The first kappa shape index (κ1) is 29.7. The lowest BCUT2D eigenvalue weighted by atomic mass is 10.1. The third kappa shape index (κ3) is 7.54. The third-order valence-electron chi connectivity index (χ3n) is 7.11. The van der Waals surface area contributed by atoms with Gasteiger partial charge in [-0.05, 0) is 43.7 Å². The molecule has 0 saturated carbocycles. The van der Waals surface area contributed by atoms with E-state index in [0.717, 1.165) is 16.7 Å². The average Bonchev–Trinajstić information content (AvgIpc) is 3.40. The molecule has 10 nitrogen and oxygen atoms in total. The number of hydrogen-bond acceptors (Lipinski definition) is 8. The van der Waals surface area contributed by atoms with Gasteiger partial charge >= 0.3 is 17.6 Å². The van der Waals surface area contributed by atoms with Crippen molar-refractivity contribution in [1.82, 2.24) is 9.55 Å². The highest BCUT2D eigenvalue weighted by Crippen LogP contribution is 2.31. The molecule has 5 rings (SSSR count). The minimum absolute atomic E-state index is 0.0410. The number of ether oxygens (including phenoxy) is 4. The lowest BCUT2D eigenvalue weighted by Gasteiger charge is -2.19. The van der Waals surface area contributed by atoms with Crippen molar-refractivity contribution in [2.75, 3.05) is 6.61 Å². The van der Waals surface area contributed by atoms with Gasteiger partial charge in [0.25, 0.3) is 5.56 Å². The molecule has 0 amide bonds. The number of carbonyl (C=O) groups is 2. The van der Waals surface area contributed by atoms with Crippen LogP contribution < -0.4 is 11.2 Å². The number of hydrogen-bond donors (Lipinski definition) is 1. The zero-order chi connectivity index (χ0) is 30.3. The molecule has 1 aromatic heterocycles. The van der Waals surface area contributed by atoms with Crippen molar-refractivity contribution in [2.24, 2.45) is 0 Å². The number of H-pyrrole nitrogens is 1. The Kier molecular flexibility index (Phi) is 9.29. The highest BCUT2D eigenvalue weighted by atomic mass is 16.6. The molecule has 0 radical (unpaired) electrons. The number of nitrogens with one attached hydrogen (secondary N) is 1. The van der Waals surface area contributed by atoms with Gasteiger partial charge in [0.1, 0.15) is 25.0 Å². The Hall–Kier alpha value is -4.80. The van der Waals surface area contributed by atoms with Crippen LogP contribution >= 0.6 is 0 Å². The smallest absolute Gasteiger partial charge is 0.338 e. The molecule has 1 aliphatic heterocycles. The van der Waals surface area contributed by atoms with E-state index in [9.17, 15) is 19.2 Å².